The van der Waals surface area contributed by atoms with E-state index in [4.69, 9.17) is 4.74 Å². The van der Waals surface area contributed by atoms with Crippen molar-refractivity contribution in [1.29, 1.82) is 0 Å². The molecule has 31 heavy (non-hydrogen) atoms. The number of piperazine rings is 1. The summed E-state index contributed by atoms with van der Waals surface area (Å²) in [4.78, 5) is 43.3. The SMILES string of the molecule is COC(=O)[C@@H](Cc1cccnc1)NC(=O)[C@@H]1CN(S(C)(=O)=O)CCN1C(=O)NC(C)C. The summed E-state index contributed by atoms with van der Waals surface area (Å²) in [7, 11) is -2.36. The molecule has 11 nitrogen and oxygen atoms in total. The number of pyridine rings is 1. The lowest BCUT2D eigenvalue weighted by Crippen LogP contribution is -2.64. The van der Waals surface area contributed by atoms with Gasteiger partial charge in [0.25, 0.3) is 0 Å². The molecule has 1 aromatic heterocycles. The van der Waals surface area contributed by atoms with Crippen LogP contribution in [0.5, 0.6) is 0 Å². The first-order valence-corrected chi connectivity index (χ1v) is 11.7. The summed E-state index contributed by atoms with van der Waals surface area (Å²) in [5.74, 6) is -1.31. The molecule has 0 aliphatic carbocycles. The number of hydrogen-bond acceptors (Lipinski definition) is 7. The molecular weight excluding hydrogens is 426 g/mol. The first kappa shape index (κ1) is 24.5. The van der Waals surface area contributed by atoms with Gasteiger partial charge in [0.1, 0.15) is 12.1 Å². The molecule has 1 fully saturated rings. The fourth-order valence-corrected chi connectivity index (χ4v) is 4.04. The van der Waals surface area contributed by atoms with Gasteiger partial charge in [0.15, 0.2) is 0 Å². The molecule has 2 atom stereocenters. The summed E-state index contributed by atoms with van der Waals surface area (Å²) < 4.78 is 30.0. The molecule has 0 unspecified atom stereocenters. The van der Waals surface area contributed by atoms with E-state index in [1.807, 2.05) is 0 Å². The third-order valence-corrected chi connectivity index (χ3v) is 6.02. The van der Waals surface area contributed by atoms with Crippen LogP contribution in [0.15, 0.2) is 24.5 Å². The van der Waals surface area contributed by atoms with Gasteiger partial charge in [-0.1, -0.05) is 6.07 Å². The lowest BCUT2D eigenvalue weighted by molar-refractivity contribution is -0.145. The van der Waals surface area contributed by atoms with E-state index in [1.165, 1.54) is 12.0 Å². The molecule has 1 aliphatic rings. The number of amides is 3. The predicted octanol–water partition coefficient (Wildman–Crippen LogP) is -0.654. The Morgan fingerprint density at radius 3 is 2.52 bits per heavy atom. The third-order valence-electron chi connectivity index (χ3n) is 4.75. The van der Waals surface area contributed by atoms with Crippen LogP contribution in [0.25, 0.3) is 0 Å². The number of methoxy groups -OCH3 is 1. The zero-order chi connectivity index (χ0) is 23.2. The van der Waals surface area contributed by atoms with Crippen molar-refractivity contribution < 1.29 is 27.5 Å². The zero-order valence-corrected chi connectivity index (χ0v) is 18.9. The van der Waals surface area contributed by atoms with Gasteiger partial charge in [-0.05, 0) is 25.5 Å². The number of carbonyl (C=O) groups is 3. The van der Waals surface area contributed by atoms with E-state index >= 15 is 0 Å². The maximum Gasteiger partial charge on any atom is 0.328 e. The number of nitrogens with one attached hydrogen (secondary N) is 2. The second-order valence-corrected chi connectivity index (χ2v) is 9.57. The molecule has 1 saturated heterocycles. The van der Waals surface area contributed by atoms with Crippen molar-refractivity contribution in [2.75, 3.05) is 33.0 Å². The van der Waals surface area contributed by atoms with Gasteiger partial charge in [0.2, 0.25) is 15.9 Å². The Morgan fingerprint density at radius 1 is 1.26 bits per heavy atom. The summed E-state index contributed by atoms with van der Waals surface area (Å²) in [5.41, 5.74) is 0.703. The summed E-state index contributed by atoms with van der Waals surface area (Å²) in [6, 6.07) is 0.675. The van der Waals surface area contributed by atoms with Crippen molar-refractivity contribution in [3.05, 3.63) is 30.1 Å². The topological polar surface area (TPSA) is 138 Å². The molecular formula is C19H29N5O6S. The van der Waals surface area contributed by atoms with Gasteiger partial charge < -0.3 is 20.3 Å². The molecule has 2 N–H and O–H groups in total. The van der Waals surface area contributed by atoms with Crippen LogP contribution in [0.4, 0.5) is 4.79 Å². The number of urea groups is 1. The second-order valence-electron chi connectivity index (χ2n) is 7.58. The molecule has 0 saturated carbocycles. The molecule has 0 aromatic carbocycles. The molecule has 0 spiro atoms. The van der Waals surface area contributed by atoms with Crippen molar-refractivity contribution in [2.45, 2.75) is 38.4 Å². The van der Waals surface area contributed by atoms with Crippen molar-refractivity contribution >= 4 is 27.9 Å². The Kier molecular flexibility index (Phi) is 8.34. The Hall–Kier alpha value is -2.73. The van der Waals surface area contributed by atoms with Crippen LogP contribution in [0.2, 0.25) is 0 Å². The maximum atomic E-state index is 13.1. The molecule has 1 aromatic rings. The number of rotatable bonds is 7. The lowest BCUT2D eigenvalue weighted by Gasteiger charge is -2.40. The van der Waals surface area contributed by atoms with Gasteiger partial charge in [0, 0.05) is 44.5 Å². The number of carbonyl (C=O) groups excluding carboxylic acids is 3. The zero-order valence-electron chi connectivity index (χ0n) is 18.1. The fraction of sp³-hybridized carbons (Fsp3) is 0.579. The molecule has 3 amide bonds. The van der Waals surface area contributed by atoms with Crippen LogP contribution in [0, 0.1) is 0 Å². The molecule has 0 radical (unpaired) electrons. The van der Waals surface area contributed by atoms with E-state index in [9.17, 15) is 22.8 Å². The number of sulfonamides is 1. The fourth-order valence-electron chi connectivity index (χ4n) is 3.21. The second kappa shape index (κ2) is 10.5. The first-order valence-electron chi connectivity index (χ1n) is 9.82. The third kappa shape index (κ3) is 6.89. The quantitative estimate of drug-likeness (QED) is 0.521. The van der Waals surface area contributed by atoms with Gasteiger partial charge >= 0.3 is 12.0 Å². The van der Waals surface area contributed by atoms with Crippen LogP contribution < -0.4 is 10.6 Å². The highest BCUT2D eigenvalue weighted by Gasteiger charge is 2.39. The highest BCUT2D eigenvalue weighted by molar-refractivity contribution is 7.88. The van der Waals surface area contributed by atoms with Crippen molar-refractivity contribution in [2.24, 2.45) is 0 Å². The molecule has 172 valence electrons. The largest absolute Gasteiger partial charge is 0.467 e. The van der Waals surface area contributed by atoms with Crippen LogP contribution >= 0.6 is 0 Å². The number of nitrogens with zero attached hydrogens (tertiary/aromatic N) is 3. The average Bonchev–Trinajstić information content (AvgIpc) is 2.71. The van der Waals surface area contributed by atoms with Crippen molar-refractivity contribution in [3.63, 3.8) is 0 Å². The molecule has 12 heteroatoms. The predicted molar refractivity (Wildman–Crippen MR) is 112 cm³/mol. The van der Waals surface area contributed by atoms with Crippen LogP contribution in [-0.4, -0.2) is 91.6 Å². The van der Waals surface area contributed by atoms with Crippen LogP contribution in [0.1, 0.15) is 19.4 Å². The Balaban J connectivity index is 2.25. The molecule has 2 heterocycles. The van der Waals surface area contributed by atoms with Gasteiger partial charge in [0.05, 0.1) is 13.4 Å². The van der Waals surface area contributed by atoms with Gasteiger partial charge in [-0.25, -0.2) is 18.0 Å². The molecule has 2 rings (SSSR count). The van der Waals surface area contributed by atoms with E-state index in [-0.39, 0.29) is 32.1 Å². The summed E-state index contributed by atoms with van der Waals surface area (Å²) in [5, 5.41) is 5.33. The minimum Gasteiger partial charge on any atom is -0.467 e. The minimum absolute atomic E-state index is 0.0369. The number of esters is 1. The molecule has 1 aliphatic heterocycles. The van der Waals surface area contributed by atoms with E-state index in [0.29, 0.717) is 5.56 Å². The average molecular weight is 456 g/mol. The Morgan fingerprint density at radius 2 is 1.97 bits per heavy atom. The van der Waals surface area contributed by atoms with Crippen molar-refractivity contribution in [1.82, 2.24) is 24.8 Å². The summed E-state index contributed by atoms with van der Waals surface area (Å²) >= 11 is 0. The maximum absolute atomic E-state index is 13.1. The Labute approximate surface area is 182 Å². The number of ether oxygens (including phenoxy) is 1. The first-order chi connectivity index (χ1) is 14.5. The Bertz CT molecular complexity index is 892. The van der Waals surface area contributed by atoms with Crippen LogP contribution in [-0.2, 0) is 30.8 Å². The highest BCUT2D eigenvalue weighted by Crippen LogP contribution is 2.15. The number of hydrogen-bond donors (Lipinski definition) is 2. The lowest BCUT2D eigenvalue weighted by atomic mass is 10.1. The normalized spacial score (nSPS) is 18.4. The van der Waals surface area contributed by atoms with Crippen LogP contribution in [0.3, 0.4) is 0 Å². The number of aromatic nitrogens is 1. The van der Waals surface area contributed by atoms with E-state index < -0.39 is 40.0 Å². The van der Waals surface area contributed by atoms with E-state index in [2.05, 4.69) is 15.6 Å². The van der Waals surface area contributed by atoms with E-state index in [1.54, 1.807) is 38.4 Å². The monoisotopic (exact) mass is 455 g/mol. The smallest absolute Gasteiger partial charge is 0.328 e. The van der Waals surface area contributed by atoms with Gasteiger partial charge in [-0.3, -0.25) is 9.78 Å². The van der Waals surface area contributed by atoms with E-state index in [0.717, 1.165) is 10.6 Å². The molecule has 0 bridgehead atoms. The van der Waals surface area contributed by atoms with Gasteiger partial charge in [-0.15, -0.1) is 0 Å². The summed E-state index contributed by atoms with van der Waals surface area (Å²) in [6.45, 7) is 3.46. The minimum atomic E-state index is -3.57. The van der Waals surface area contributed by atoms with Gasteiger partial charge in [-0.2, -0.15) is 4.31 Å². The van der Waals surface area contributed by atoms with Crippen molar-refractivity contribution in [3.8, 4) is 0 Å². The highest BCUT2D eigenvalue weighted by atomic mass is 32.2. The standard InChI is InChI=1S/C19H29N5O6S/c1-13(2)21-19(27)24-9-8-23(31(4,28)29)12-16(24)17(25)22-15(18(26)30-3)10-14-6-5-7-20-11-14/h5-7,11,13,15-16H,8-10,12H2,1-4H3,(H,21,27)(H,22,25)/t15-,16+/m1/s1. The summed E-state index contributed by atoms with van der Waals surface area (Å²) in [6.07, 6.45) is 4.33.